The molecular weight excluding hydrogens is 619 g/mol. The summed E-state index contributed by atoms with van der Waals surface area (Å²) in [7, 11) is 0. The molecule has 0 saturated carbocycles. The first kappa shape index (κ1) is 27.2. The van der Waals surface area contributed by atoms with Crippen LogP contribution in [0.15, 0.2) is 180 Å². The van der Waals surface area contributed by atoms with Gasteiger partial charge in [-0.1, -0.05) is 121 Å². The minimum Gasteiger partial charge on any atom is -0.456 e. The van der Waals surface area contributed by atoms with E-state index >= 15 is 0 Å². The van der Waals surface area contributed by atoms with Crippen molar-refractivity contribution in [2.45, 2.75) is 5.41 Å². The van der Waals surface area contributed by atoms with Gasteiger partial charge in [-0.15, -0.1) is 0 Å². The Morgan fingerprint density at radius 3 is 1.71 bits per heavy atom. The Morgan fingerprint density at radius 1 is 0.353 bits per heavy atom. The summed E-state index contributed by atoms with van der Waals surface area (Å²) in [6, 6.07) is 64.4. The molecule has 1 atom stereocenters. The summed E-state index contributed by atoms with van der Waals surface area (Å²) < 4.78 is 6.31. The molecule has 0 amide bonds. The molecule has 0 bridgehead atoms. The van der Waals surface area contributed by atoms with Crippen molar-refractivity contribution in [1.82, 2.24) is 0 Å². The van der Waals surface area contributed by atoms with E-state index in [-0.39, 0.29) is 5.41 Å². The van der Waals surface area contributed by atoms with Crippen LogP contribution in [0.1, 0.15) is 22.3 Å². The van der Waals surface area contributed by atoms with Gasteiger partial charge in [-0.05, 0) is 115 Å². The first-order valence-electron chi connectivity index (χ1n) is 17.7. The Morgan fingerprint density at radius 2 is 0.922 bits per heavy atom. The van der Waals surface area contributed by atoms with Crippen LogP contribution in [-0.4, -0.2) is 0 Å². The second-order valence-corrected chi connectivity index (χ2v) is 14.0. The van der Waals surface area contributed by atoms with E-state index in [1.54, 1.807) is 0 Å². The standard InChI is InChI=1S/C49H29NO/c1-2-10-32(11-3-1)50(34-25-27-38-37-13-5-7-19-45(37)51-46(38)29-34)33-23-20-30(21-24-33)31-22-26-36-40-15-9-17-42-41-16-8-14-39-35-12-4-6-18-43(35)49(47(39)41,48(40)42)44(36)28-31/h1-29H. The molecule has 0 saturated heterocycles. The van der Waals surface area contributed by atoms with Gasteiger partial charge in [0.1, 0.15) is 11.2 Å². The summed E-state index contributed by atoms with van der Waals surface area (Å²) in [6.07, 6.45) is 0. The summed E-state index contributed by atoms with van der Waals surface area (Å²) >= 11 is 0. The zero-order chi connectivity index (χ0) is 33.3. The molecular formula is C49H29NO. The Balaban J connectivity index is 1.00. The van der Waals surface area contributed by atoms with Gasteiger partial charge in [0, 0.05) is 33.9 Å². The normalized spacial score (nSPS) is 15.5. The van der Waals surface area contributed by atoms with Crippen molar-refractivity contribution in [3.8, 4) is 44.5 Å². The second kappa shape index (κ2) is 9.74. The summed E-state index contributed by atoms with van der Waals surface area (Å²) in [6.45, 7) is 0. The maximum atomic E-state index is 6.31. The SMILES string of the molecule is c1ccc(N(c2ccc(-c3ccc4c(c3)C35c6ccccc6-c6cccc(c63)-c3cccc-4c35)cc2)c2ccc3c(c2)oc2ccccc23)cc1. The average Bonchev–Trinajstić information content (AvgIpc) is 3.90. The highest BCUT2D eigenvalue weighted by atomic mass is 16.3. The van der Waals surface area contributed by atoms with Crippen molar-refractivity contribution < 1.29 is 4.42 Å². The van der Waals surface area contributed by atoms with Gasteiger partial charge < -0.3 is 9.32 Å². The molecule has 1 unspecified atom stereocenters. The van der Waals surface area contributed by atoms with Gasteiger partial charge in [0.15, 0.2) is 0 Å². The number of furan rings is 1. The van der Waals surface area contributed by atoms with Crippen LogP contribution in [-0.2, 0) is 5.41 Å². The van der Waals surface area contributed by atoms with E-state index in [9.17, 15) is 0 Å². The Hall–Kier alpha value is -6.64. The zero-order valence-electron chi connectivity index (χ0n) is 27.6. The number of nitrogens with zero attached hydrogens (tertiary/aromatic N) is 1. The zero-order valence-corrected chi connectivity index (χ0v) is 27.6. The molecule has 9 aromatic rings. The predicted octanol–water partition coefficient (Wildman–Crippen LogP) is 13.0. The average molecular weight is 648 g/mol. The van der Waals surface area contributed by atoms with Crippen LogP contribution >= 0.6 is 0 Å². The smallest absolute Gasteiger partial charge is 0.137 e. The van der Waals surface area contributed by atoms with E-state index in [0.717, 1.165) is 39.0 Å². The Bertz CT molecular complexity index is 2880. The fourth-order valence-electron chi connectivity index (χ4n) is 9.61. The summed E-state index contributed by atoms with van der Waals surface area (Å²) in [5.41, 5.74) is 21.1. The number of benzene rings is 8. The van der Waals surface area contributed by atoms with Gasteiger partial charge in [-0.3, -0.25) is 0 Å². The van der Waals surface area contributed by atoms with Crippen LogP contribution in [0.5, 0.6) is 0 Å². The molecule has 0 fully saturated rings. The lowest BCUT2D eigenvalue weighted by Gasteiger charge is -2.28. The van der Waals surface area contributed by atoms with E-state index in [1.165, 1.54) is 66.8 Å². The maximum Gasteiger partial charge on any atom is 0.137 e. The van der Waals surface area contributed by atoms with Crippen LogP contribution in [0.4, 0.5) is 17.1 Å². The molecule has 236 valence electrons. The van der Waals surface area contributed by atoms with Crippen molar-refractivity contribution >= 4 is 39.0 Å². The minimum atomic E-state index is -0.279. The van der Waals surface area contributed by atoms with E-state index in [1.807, 2.05) is 12.1 Å². The van der Waals surface area contributed by atoms with Crippen LogP contribution < -0.4 is 4.90 Å². The van der Waals surface area contributed by atoms with Crippen molar-refractivity contribution in [3.63, 3.8) is 0 Å². The second-order valence-electron chi connectivity index (χ2n) is 14.0. The molecule has 12 rings (SSSR count). The van der Waals surface area contributed by atoms with Crippen LogP contribution in [0.2, 0.25) is 0 Å². The van der Waals surface area contributed by atoms with Crippen LogP contribution in [0, 0.1) is 0 Å². The number of hydrogen-bond donors (Lipinski definition) is 0. The molecule has 1 aromatic heterocycles. The van der Waals surface area contributed by atoms with Crippen LogP contribution in [0.25, 0.3) is 66.4 Å². The predicted molar refractivity (Wildman–Crippen MR) is 209 cm³/mol. The van der Waals surface area contributed by atoms with E-state index in [4.69, 9.17) is 4.42 Å². The fourth-order valence-corrected chi connectivity index (χ4v) is 9.61. The molecule has 51 heavy (non-hydrogen) atoms. The van der Waals surface area contributed by atoms with Gasteiger partial charge in [0.05, 0.1) is 5.41 Å². The van der Waals surface area contributed by atoms with Gasteiger partial charge >= 0.3 is 0 Å². The molecule has 0 radical (unpaired) electrons. The van der Waals surface area contributed by atoms with Gasteiger partial charge in [-0.25, -0.2) is 0 Å². The lowest BCUT2D eigenvalue weighted by molar-refractivity contribution is 0.669. The third-order valence-corrected chi connectivity index (χ3v) is 11.6. The van der Waals surface area contributed by atoms with Crippen molar-refractivity contribution in [3.05, 3.63) is 198 Å². The van der Waals surface area contributed by atoms with Gasteiger partial charge in [0.25, 0.3) is 0 Å². The third kappa shape index (κ3) is 3.42. The minimum absolute atomic E-state index is 0.279. The fraction of sp³-hybridized carbons (Fsp3) is 0.0204. The highest BCUT2D eigenvalue weighted by Gasteiger charge is 2.57. The number of anilines is 3. The summed E-state index contributed by atoms with van der Waals surface area (Å²) in [5, 5.41) is 2.27. The molecule has 8 aromatic carbocycles. The lowest BCUT2D eigenvalue weighted by atomic mass is 9.73. The van der Waals surface area contributed by atoms with Gasteiger partial charge in [0.2, 0.25) is 0 Å². The molecule has 2 heteroatoms. The number of rotatable bonds is 4. The summed E-state index contributed by atoms with van der Waals surface area (Å²) in [4.78, 5) is 2.31. The first-order valence-corrected chi connectivity index (χ1v) is 17.7. The highest BCUT2D eigenvalue weighted by Crippen LogP contribution is 2.70. The molecule has 0 aliphatic heterocycles. The topological polar surface area (TPSA) is 16.4 Å². The molecule has 2 nitrogen and oxygen atoms in total. The highest BCUT2D eigenvalue weighted by molar-refractivity contribution is 6.07. The van der Waals surface area contributed by atoms with E-state index in [0.29, 0.717) is 0 Å². The van der Waals surface area contributed by atoms with Gasteiger partial charge in [-0.2, -0.15) is 0 Å². The number of fused-ring (bicyclic) bond motifs is 8. The maximum absolute atomic E-state index is 6.31. The van der Waals surface area contributed by atoms with E-state index < -0.39 is 0 Å². The Kier molecular flexibility index (Phi) is 5.20. The van der Waals surface area contributed by atoms with Crippen molar-refractivity contribution in [1.29, 1.82) is 0 Å². The molecule has 3 aliphatic carbocycles. The lowest BCUT2D eigenvalue weighted by Crippen LogP contribution is -2.23. The number of para-hydroxylation sites is 2. The summed E-state index contributed by atoms with van der Waals surface area (Å²) in [5.74, 6) is 0. The largest absolute Gasteiger partial charge is 0.456 e. The Labute approximate surface area is 295 Å². The first-order chi connectivity index (χ1) is 25.3. The molecule has 3 aliphatic rings. The van der Waals surface area contributed by atoms with Crippen molar-refractivity contribution in [2.24, 2.45) is 0 Å². The third-order valence-electron chi connectivity index (χ3n) is 11.6. The molecule has 0 N–H and O–H groups in total. The van der Waals surface area contributed by atoms with Crippen LogP contribution in [0.3, 0.4) is 0 Å². The quantitative estimate of drug-likeness (QED) is 0.189. The van der Waals surface area contributed by atoms with Crippen molar-refractivity contribution in [2.75, 3.05) is 4.90 Å². The molecule has 1 spiro atoms. The van der Waals surface area contributed by atoms with E-state index in [2.05, 4.69) is 169 Å². The number of hydrogen-bond acceptors (Lipinski definition) is 2. The molecule has 1 heterocycles. The monoisotopic (exact) mass is 647 g/mol.